The number of nitrogens with zero attached hydrogens (tertiary/aromatic N) is 1. The van der Waals surface area contributed by atoms with Gasteiger partial charge in [0.15, 0.2) is 0 Å². The molecular formula is C18H16F2N2O2. The highest BCUT2D eigenvalue weighted by Crippen LogP contribution is 2.22. The zero-order chi connectivity index (χ0) is 17.1. The minimum Gasteiger partial charge on any atom is -0.338 e. The molecule has 1 aliphatic heterocycles. The van der Waals surface area contributed by atoms with Crippen LogP contribution < -0.4 is 5.32 Å². The summed E-state index contributed by atoms with van der Waals surface area (Å²) in [6.45, 7) is 0.582. The van der Waals surface area contributed by atoms with Crippen LogP contribution in [-0.4, -0.2) is 23.3 Å². The Morgan fingerprint density at radius 3 is 2.54 bits per heavy atom. The highest BCUT2D eigenvalue weighted by Gasteiger charge is 2.34. The minimum atomic E-state index is -0.530. The van der Waals surface area contributed by atoms with Crippen molar-refractivity contribution < 1.29 is 18.4 Å². The van der Waals surface area contributed by atoms with Gasteiger partial charge in [-0.2, -0.15) is 0 Å². The fourth-order valence-corrected chi connectivity index (χ4v) is 2.71. The Bertz CT molecular complexity index is 762. The number of halogens is 2. The zero-order valence-electron chi connectivity index (χ0n) is 12.8. The average Bonchev–Trinajstić information content (AvgIpc) is 2.93. The van der Waals surface area contributed by atoms with Crippen molar-refractivity contribution in [2.24, 2.45) is 5.92 Å². The van der Waals surface area contributed by atoms with Crippen LogP contribution in [0.4, 0.5) is 14.5 Å². The standard InChI is InChI=1S/C18H16F2N2O2/c19-14-7-5-12(6-8-14)10-22-11-13(9-17(22)23)18(24)21-16-4-2-1-3-15(16)20/h1-8,13H,9-11H2,(H,21,24). The Hall–Kier alpha value is -2.76. The molecule has 1 unspecified atom stereocenters. The van der Waals surface area contributed by atoms with Crippen molar-refractivity contribution in [3.05, 3.63) is 65.7 Å². The molecular weight excluding hydrogens is 314 g/mol. The van der Waals surface area contributed by atoms with Crippen LogP contribution in [0.1, 0.15) is 12.0 Å². The van der Waals surface area contributed by atoms with Crippen molar-refractivity contribution in [3.8, 4) is 0 Å². The smallest absolute Gasteiger partial charge is 0.229 e. The molecule has 0 saturated carbocycles. The van der Waals surface area contributed by atoms with Crippen molar-refractivity contribution in [2.45, 2.75) is 13.0 Å². The first kappa shape index (κ1) is 16.1. The van der Waals surface area contributed by atoms with Crippen molar-refractivity contribution >= 4 is 17.5 Å². The van der Waals surface area contributed by atoms with Gasteiger partial charge in [0.2, 0.25) is 11.8 Å². The molecule has 0 bridgehead atoms. The summed E-state index contributed by atoms with van der Waals surface area (Å²) in [4.78, 5) is 25.9. The lowest BCUT2D eigenvalue weighted by atomic mass is 10.1. The van der Waals surface area contributed by atoms with Crippen LogP contribution in [0.2, 0.25) is 0 Å². The summed E-state index contributed by atoms with van der Waals surface area (Å²) >= 11 is 0. The molecule has 0 spiro atoms. The van der Waals surface area contributed by atoms with Gasteiger partial charge < -0.3 is 10.2 Å². The molecule has 6 heteroatoms. The molecule has 2 amide bonds. The van der Waals surface area contributed by atoms with Gasteiger partial charge in [-0.1, -0.05) is 24.3 Å². The van der Waals surface area contributed by atoms with E-state index in [0.29, 0.717) is 6.54 Å². The SMILES string of the molecule is O=C(Nc1ccccc1F)C1CC(=O)N(Cc2ccc(F)cc2)C1. The molecule has 124 valence electrons. The Morgan fingerprint density at radius 1 is 1.12 bits per heavy atom. The van der Waals surface area contributed by atoms with E-state index in [9.17, 15) is 18.4 Å². The molecule has 0 aromatic heterocycles. The molecule has 1 heterocycles. The summed E-state index contributed by atoms with van der Waals surface area (Å²) in [5.41, 5.74) is 0.895. The minimum absolute atomic E-state index is 0.0848. The number of likely N-dealkylation sites (tertiary alicyclic amines) is 1. The number of anilines is 1. The van der Waals surface area contributed by atoms with Gasteiger partial charge in [-0.05, 0) is 29.8 Å². The van der Waals surface area contributed by atoms with E-state index in [0.717, 1.165) is 5.56 Å². The van der Waals surface area contributed by atoms with Crippen LogP contribution in [-0.2, 0) is 16.1 Å². The maximum absolute atomic E-state index is 13.6. The van der Waals surface area contributed by atoms with E-state index in [-0.39, 0.29) is 36.3 Å². The fraction of sp³-hybridized carbons (Fsp3) is 0.222. The lowest BCUT2D eigenvalue weighted by Gasteiger charge is -2.16. The Kier molecular flexibility index (Phi) is 4.55. The molecule has 24 heavy (non-hydrogen) atoms. The van der Waals surface area contributed by atoms with Gasteiger partial charge in [0, 0.05) is 19.5 Å². The van der Waals surface area contributed by atoms with Gasteiger partial charge in [-0.3, -0.25) is 9.59 Å². The second-order valence-corrected chi connectivity index (χ2v) is 5.77. The normalized spacial score (nSPS) is 17.2. The number of carbonyl (C=O) groups is 2. The zero-order valence-corrected chi connectivity index (χ0v) is 12.8. The second kappa shape index (κ2) is 6.78. The van der Waals surface area contributed by atoms with E-state index in [1.54, 1.807) is 23.1 Å². The molecule has 0 aliphatic carbocycles. The van der Waals surface area contributed by atoms with Crippen molar-refractivity contribution in [2.75, 3.05) is 11.9 Å². The van der Waals surface area contributed by atoms with Gasteiger partial charge in [0.05, 0.1) is 11.6 Å². The molecule has 1 fully saturated rings. The fourth-order valence-electron chi connectivity index (χ4n) is 2.71. The van der Waals surface area contributed by atoms with E-state index < -0.39 is 11.7 Å². The molecule has 2 aromatic rings. The summed E-state index contributed by atoms with van der Waals surface area (Å²) in [6.07, 6.45) is 0.0848. The average molecular weight is 330 g/mol. The highest BCUT2D eigenvalue weighted by atomic mass is 19.1. The first-order valence-electron chi connectivity index (χ1n) is 7.60. The quantitative estimate of drug-likeness (QED) is 0.937. The molecule has 3 rings (SSSR count). The number of para-hydroxylation sites is 1. The molecule has 1 atom stereocenters. The van der Waals surface area contributed by atoms with Crippen LogP contribution in [0, 0.1) is 17.6 Å². The number of benzene rings is 2. The van der Waals surface area contributed by atoms with Crippen LogP contribution in [0.3, 0.4) is 0 Å². The first-order valence-corrected chi connectivity index (χ1v) is 7.60. The summed E-state index contributed by atoms with van der Waals surface area (Å²) in [5, 5.41) is 2.52. The molecule has 0 radical (unpaired) electrons. The van der Waals surface area contributed by atoms with Gasteiger partial charge in [-0.25, -0.2) is 8.78 Å². The van der Waals surface area contributed by atoms with Crippen molar-refractivity contribution in [1.82, 2.24) is 4.90 Å². The van der Waals surface area contributed by atoms with Gasteiger partial charge in [0.25, 0.3) is 0 Å². The first-order chi connectivity index (χ1) is 11.5. The number of nitrogens with one attached hydrogen (secondary N) is 1. The summed E-state index contributed by atoms with van der Waals surface area (Å²) in [7, 11) is 0. The van der Waals surface area contributed by atoms with Gasteiger partial charge in [-0.15, -0.1) is 0 Å². The number of hydrogen-bond donors (Lipinski definition) is 1. The number of rotatable bonds is 4. The van der Waals surface area contributed by atoms with E-state index in [4.69, 9.17) is 0 Å². The molecule has 1 saturated heterocycles. The molecule has 1 aliphatic rings. The third-order valence-electron chi connectivity index (χ3n) is 4.00. The van der Waals surface area contributed by atoms with Crippen LogP contribution in [0.15, 0.2) is 48.5 Å². The van der Waals surface area contributed by atoms with E-state index in [1.165, 1.54) is 30.3 Å². The third-order valence-corrected chi connectivity index (χ3v) is 4.00. The Balaban J connectivity index is 1.62. The maximum Gasteiger partial charge on any atom is 0.229 e. The van der Waals surface area contributed by atoms with Crippen molar-refractivity contribution in [3.63, 3.8) is 0 Å². The Labute approximate surface area is 138 Å². The van der Waals surface area contributed by atoms with Gasteiger partial charge >= 0.3 is 0 Å². The van der Waals surface area contributed by atoms with Crippen LogP contribution in [0.5, 0.6) is 0 Å². The number of amides is 2. The maximum atomic E-state index is 13.6. The van der Waals surface area contributed by atoms with Crippen LogP contribution in [0.25, 0.3) is 0 Å². The van der Waals surface area contributed by atoms with E-state index in [2.05, 4.69) is 5.32 Å². The Morgan fingerprint density at radius 2 is 1.83 bits per heavy atom. The molecule has 4 nitrogen and oxygen atoms in total. The third kappa shape index (κ3) is 3.59. The van der Waals surface area contributed by atoms with Gasteiger partial charge in [0.1, 0.15) is 11.6 Å². The monoisotopic (exact) mass is 330 g/mol. The van der Waals surface area contributed by atoms with E-state index >= 15 is 0 Å². The highest BCUT2D eigenvalue weighted by molar-refractivity contribution is 5.97. The topological polar surface area (TPSA) is 49.4 Å². The number of carbonyl (C=O) groups excluding carboxylic acids is 2. The summed E-state index contributed by atoms with van der Waals surface area (Å²) < 4.78 is 26.5. The second-order valence-electron chi connectivity index (χ2n) is 5.77. The lowest BCUT2D eigenvalue weighted by Crippen LogP contribution is -2.28. The summed E-state index contributed by atoms with van der Waals surface area (Å²) in [6, 6.07) is 11.8. The van der Waals surface area contributed by atoms with Crippen molar-refractivity contribution in [1.29, 1.82) is 0 Å². The molecule has 1 N–H and O–H groups in total. The van der Waals surface area contributed by atoms with E-state index in [1.807, 2.05) is 0 Å². The largest absolute Gasteiger partial charge is 0.338 e. The number of hydrogen-bond acceptors (Lipinski definition) is 2. The predicted molar refractivity (Wildman–Crippen MR) is 85.0 cm³/mol. The van der Waals surface area contributed by atoms with Crippen LogP contribution >= 0.6 is 0 Å². The predicted octanol–water partition coefficient (Wildman–Crippen LogP) is 2.95. The summed E-state index contributed by atoms with van der Waals surface area (Å²) in [5.74, 6) is -1.91. The lowest BCUT2D eigenvalue weighted by molar-refractivity contribution is -0.128. The molecule has 2 aromatic carbocycles.